The van der Waals surface area contributed by atoms with Gasteiger partial charge in [0.25, 0.3) is 10.0 Å². The van der Waals surface area contributed by atoms with Crippen LogP contribution in [0.1, 0.15) is 43.4 Å². The first kappa shape index (κ1) is 29.8. The van der Waals surface area contributed by atoms with Gasteiger partial charge in [0.15, 0.2) is 0 Å². The largest absolute Gasteiger partial charge is 0.354 e. The summed E-state index contributed by atoms with van der Waals surface area (Å²) in [5.41, 5.74) is 2.82. The fourth-order valence-electron chi connectivity index (χ4n) is 4.23. The summed E-state index contributed by atoms with van der Waals surface area (Å²) in [5, 5.41) is 2.87. The number of hydrogen-bond acceptors (Lipinski definition) is 4. The number of carbonyl (C=O) groups excluding carboxylic acids is 2. The lowest BCUT2D eigenvalue weighted by Gasteiger charge is -2.33. The highest BCUT2D eigenvalue weighted by Gasteiger charge is 2.33. The molecular formula is C30H36FN3O4S. The van der Waals surface area contributed by atoms with Crippen molar-refractivity contribution in [1.82, 2.24) is 10.2 Å². The summed E-state index contributed by atoms with van der Waals surface area (Å²) in [4.78, 5) is 28.5. The van der Waals surface area contributed by atoms with Gasteiger partial charge in [0.2, 0.25) is 11.8 Å². The normalized spacial score (nSPS) is 12.0. The first-order valence-electron chi connectivity index (χ1n) is 13.0. The molecule has 3 rings (SSSR count). The fourth-order valence-corrected chi connectivity index (χ4v) is 5.64. The van der Waals surface area contributed by atoms with E-state index in [9.17, 15) is 22.4 Å². The Labute approximate surface area is 230 Å². The number of aryl methyl sites for hydroxylation is 2. The minimum Gasteiger partial charge on any atom is -0.354 e. The third-order valence-corrected chi connectivity index (χ3v) is 8.33. The van der Waals surface area contributed by atoms with E-state index < -0.39 is 34.3 Å². The Morgan fingerprint density at radius 1 is 0.923 bits per heavy atom. The van der Waals surface area contributed by atoms with Crippen molar-refractivity contribution >= 4 is 27.5 Å². The number of rotatable bonds is 12. The lowest BCUT2D eigenvalue weighted by atomic mass is 10.1. The summed E-state index contributed by atoms with van der Waals surface area (Å²) in [6.45, 7) is 7.55. The van der Waals surface area contributed by atoms with E-state index >= 15 is 0 Å². The van der Waals surface area contributed by atoms with Crippen molar-refractivity contribution in [3.8, 4) is 0 Å². The van der Waals surface area contributed by atoms with Crippen molar-refractivity contribution < 1.29 is 22.4 Å². The molecule has 0 radical (unpaired) electrons. The average molecular weight is 554 g/mol. The average Bonchev–Trinajstić information content (AvgIpc) is 2.92. The lowest BCUT2D eigenvalue weighted by molar-refractivity contribution is -0.140. The Kier molecular flexibility index (Phi) is 10.2. The number of anilines is 1. The zero-order valence-electron chi connectivity index (χ0n) is 22.9. The number of carbonyl (C=O) groups is 2. The standard InChI is InChI=1S/C30H36FN3O4S/c1-5-19-32-30(36)28(6-2)33(20-24-10-8-7-9-23(24)4)29(35)21-34(26-15-13-25(31)14-16-26)39(37,38)27-17-11-22(3)12-18-27/h7-18,28H,5-6,19-21H2,1-4H3,(H,32,36). The van der Waals surface area contributed by atoms with Crippen molar-refractivity contribution in [3.05, 3.63) is 95.3 Å². The highest BCUT2D eigenvalue weighted by atomic mass is 32.2. The van der Waals surface area contributed by atoms with Gasteiger partial charge in [0, 0.05) is 13.1 Å². The Balaban J connectivity index is 2.05. The fraction of sp³-hybridized carbons (Fsp3) is 0.333. The van der Waals surface area contributed by atoms with Gasteiger partial charge in [-0.05, 0) is 74.2 Å². The molecule has 0 aliphatic heterocycles. The molecule has 1 N–H and O–H groups in total. The van der Waals surface area contributed by atoms with Gasteiger partial charge in [-0.25, -0.2) is 12.8 Å². The molecular weight excluding hydrogens is 517 g/mol. The van der Waals surface area contributed by atoms with Crippen LogP contribution in [-0.2, 0) is 26.2 Å². The van der Waals surface area contributed by atoms with Crippen LogP contribution in [0.2, 0.25) is 0 Å². The molecule has 7 nitrogen and oxygen atoms in total. The summed E-state index contributed by atoms with van der Waals surface area (Å²) in [6.07, 6.45) is 1.08. The summed E-state index contributed by atoms with van der Waals surface area (Å²) in [6, 6.07) is 18.0. The predicted molar refractivity (Wildman–Crippen MR) is 151 cm³/mol. The second-order valence-electron chi connectivity index (χ2n) is 9.46. The van der Waals surface area contributed by atoms with Gasteiger partial charge in [-0.3, -0.25) is 13.9 Å². The van der Waals surface area contributed by atoms with Gasteiger partial charge in [0.1, 0.15) is 18.4 Å². The third-order valence-electron chi connectivity index (χ3n) is 6.54. The van der Waals surface area contributed by atoms with Crippen LogP contribution in [0.15, 0.2) is 77.7 Å². The summed E-state index contributed by atoms with van der Waals surface area (Å²) >= 11 is 0. The monoisotopic (exact) mass is 553 g/mol. The van der Waals surface area contributed by atoms with Gasteiger partial charge in [-0.15, -0.1) is 0 Å². The number of hydrogen-bond donors (Lipinski definition) is 1. The predicted octanol–water partition coefficient (Wildman–Crippen LogP) is 4.97. The van der Waals surface area contributed by atoms with Crippen molar-refractivity contribution in [3.63, 3.8) is 0 Å². The van der Waals surface area contributed by atoms with Gasteiger partial charge in [-0.1, -0.05) is 55.8 Å². The summed E-state index contributed by atoms with van der Waals surface area (Å²) in [5.74, 6) is -1.37. The van der Waals surface area contributed by atoms with Gasteiger partial charge in [-0.2, -0.15) is 0 Å². The second-order valence-corrected chi connectivity index (χ2v) is 11.3. The molecule has 0 saturated heterocycles. The summed E-state index contributed by atoms with van der Waals surface area (Å²) in [7, 11) is -4.20. The minimum absolute atomic E-state index is 0.00316. The van der Waals surface area contributed by atoms with Gasteiger partial charge < -0.3 is 10.2 Å². The van der Waals surface area contributed by atoms with E-state index in [-0.39, 0.29) is 23.0 Å². The smallest absolute Gasteiger partial charge is 0.264 e. The zero-order valence-corrected chi connectivity index (χ0v) is 23.7. The molecule has 0 bridgehead atoms. The van der Waals surface area contributed by atoms with Crippen LogP contribution in [-0.4, -0.2) is 44.3 Å². The maximum atomic E-state index is 14.0. The molecule has 3 aromatic rings. The van der Waals surface area contributed by atoms with Crippen LogP contribution < -0.4 is 9.62 Å². The Hall–Kier alpha value is -3.72. The van der Waals surface area contributed by atoms with E-state index in [4.69, 9.17) is 0 Å². The van der Waals surface area contributed by atoms with E-state index in [1.807, 2.05) is 52.0 Å². The number of sulfonamides is 1. The molecule has 0 saturated carbocycles. The van der Waals surface area contributed by atoms with Crippen LogP contribution >= 0.6 is 0 Å². The minimum atomic E-state index is -4.20. The van der Waals surface area contributed by atoms with E-state index in [1.54, 1.807) is 12.1 Å². The van der Waals surface area contributed by atoms with Crippen LogP contribution in [0, 0.1) is 19.7 Å². The number of halogens is 1. The maximum absolute atomic E-state index is 14.0. The molecule has 0 fully saturated rings. The Bertz CT molecular complexity index is 1380. The summed E-state index contributed by atoms with van der Waals surface area (Å²) < 4.78 is 42.3. The third kappa shape index (κ3) is 7.44. The first-order valence-corrected chi connectivity index (χ1v) is 14.5. The molecule has 1 atom stereocenters. The maximum Gasteiger partial charge on any atom is 0.264 e. The molecule has 2 amide bonds. The molecule has 1 unspecified atom stereocenters. The van der Waals surface area contributed by atoms with Crippen LogP contribution in [0.3, 0.4) is 0 Å². The first-order chi connectivity index (χ1) is 18.6. The molecule has 208 valence electrons. The van der Waals surface area contributed by atoms with Crippen molar-refractivity contribution in [2.45, 2.75) is 58.0 Å². The van der Waals surface area contributed by atoms with E-state index in [1.165, 1.54) is 29.2 Å². The van der Waals surface area contributed by atoms with Crippen LogP contribution in [0.5, 0.6) is 0 Å². The van der Waals surface area contributed by atoms with Crippen molar-refractivity contribution in [2.24, 2.45) is 0 Å². The number of amides is 2. The lowest BCUT2D eigenvalue weighted by Crippen LogP contribution is -2.52. The van der Waals surface area contributed by atoms with Crippen molar-refractivity contribution in [1.29, 1.82) is 0 Å². The SMILES string of the molecule is CCCNC(=O)C(CC)N(Cc1ccccc1C)C(=O)CN(c1ccc(F)cc1)S(=O)(=O)c1ccc(C)cc1. The topological polar surface area (TPSA) is 86.8 Å². The van der Waals surface area contributed by atoms with Crippen LogP contribution in [0.4, 0.5) is 10.1 Å². The van der Waals surface area contributed by atoms with E-state index in [0.29, 0.717) is 13.0 Å². The van der Waals surface area contributed by atoms with Crippen LogP contribution in [0.25, 0.3) is 0 Å². The molecule has 0 aromatic heterocycles. The van der Waals surface area contributed by atoms with Crippen molar-refractivity contribution in [2.75, 3.05) is 17.4 Å². The zero-order chi connectivity index (χ0) is 28.6. The molecule has 0 aliphatic carbocycles. The molecule has 39 heavy (non-hydrogen) atoms. The van der Waals surface area contributed by atoms with Gasteiger partial charge >= 0.3 is 0 Å². The quantitative estimate of drug-likeness (QED) is 0.343. The highest BCUT2D eigenvalue weighted by Crippen LogP contribution is 2.25. The highest BCUT2D eigenvalue weighted by molar-refractivity contribution is 7.92. The van der Waals surface area contributed by atoms with E-state index in [0.717, 1.165) is 39.5 Å². The Morgan fingerprint density at radius 2 is 1.56 bits per heavy atom. The molecule has 0 spiro atoms. The Morgan fingerprint density at radius 3 is 2.15 bits per heavy atom. The van der Waals surface area contributed by atoms with Gasteiger partial charge in [0.05, 0.1) is 10.6 Å². The molecule has 0 heterocycles. The second kappa shape index (κ2) is 13.4. The number of nitrogens with zero attached hydrogens (tertiary/aromatic N) is 2. The molecule has 3 aromatic carbocycles. The molecule has 0 aliphatic rings. The number of benzene rings is 3. The molecule has 9 heteroatoms. The van der Waals surface area contributed by atoms with E-state index in [2.05, 4.69) is 5.32 Å². The number of nitrogens with one attached hydrogen (secondary N) is 1.